The summed E-state index contributed by atoms with van der Waals surface area (Å²) >= 11 is 0. The molecule has 0 aliphatic heterocycles. The van der Waals surface area contributed by atoms with Crippen LogP contribution in [0.4, 0.5) is 11.4 Å². The van der Waals surface area contributed by atoms with Crippen molar-refractivity contribution in [1.82, 2.24) is 0 Å². The molecule has 6 nitrogen and oxygen atoms in total. The van der Waals surface area contributed by atoms with Gasteiger partial charge in [-0.15, -0.1) is 0 Å². The van der Waals surface area contributed by atoms with Crippen molar-refractivity contribution < 1.29 is 19.7 Å². The van der Waals surface area contributed by atoms with Crippen molar-refractivity contribution >= 4 is 11.4 Å². The summed E-state index contributed by atoms with van der Waals surface area (Å²) in [5.74, 6) is 7.64. The van der Waals surface area contributed by atoms with Gasteiger partial charge in [0.15, 0.2) is 0 Å². The normalized spacial score (nSPS) is 30.0. The van der Waals surface area contributed by atoms with Crippen molar-refractivity contribution in [2.45, 2.75) is 93.3 Å². The number of phenolic OH excluding ortho intramolecular Hbond substituents is 2. The van der Waals surface area contributed by atoms with Gasteiger partial charge in [-0.1, -0.05) is 72.8 Å². The molecular weight excluding hydrogens is 777 g/mol. The van der Waals surface area contributed by atoms with Crippen LogP contribution in [0.5, 0.6) is 34.5 Å². The Labute approximate surface area is 370 Å². The van der Waals surface area contributed by atoms with E-state index in [0.29, 0.717) is 11.4 Å². The predicted molar refractivity (Wildman–Crippen MR) is 249 cm³/mol. The monoisotopic (exact) mass is 832 g/mol. The molecule has 0 heterocycles. The number of rotatable bonds is 8. The van der Waals surface area contributed by atoms with Gasteiger partial charge in [-0.3, -0.25) is 0 Å². The molecule has 63 heavy (non-hydrogen) atoms. The summed E-state index contributed by atoms with van der Waals surface area (Å²) in [6.45, 7) is 0. The number of phenols is 2. The molecule has 8 bridgehead atoms. The third kappa shape index (κ3) is 5.68. The molecule has 9 aliphatic rings. The zero-order chi connectivity index (χ0) is 42.2. The maximum Gasteiger partial charge on any atom is 0.142 e. The molecule has 15 rings (SSSR count). The molecule has 0 atom stereocenters. The minimum absolute atomic E-state index is 0.0493. The number of hydrogen-bond acceptors (Lipinski definition) is 6. The van der Waals surface area contributed by atoms with E-state index in [1.807, 2.05) is 12.1 Å². The van der Waals surface area contributed by atoms with E-state index in [1.54, 1.807) is 12.1 Å². The Morgan fingerprint density at radius 3 is 1.10 bits per heavy atom. The third-order valence-corrected chi connectivity index (χ3v) is 17.5. The Morgan fingerprint density at radius 2 is 0.746 bits per heavy atom. The third-order valence-electron chi connectivity index (χ3n) is 17.5. The highest BCUT2D eigenvalue weighted by molar-refractivity contribution is 5.86. The van der Waals surface area contributed by atoms with Gasteiger partial charge in [-0.25, -0.2) is 0 Å². The molecule has 0 radical (unpaired) electrons. The molecule has 0 saturated heterocycles. The van der Waals surface area contributed by atoms with E-state index in [1.165, 1.54) is 99.3 Å². The van der Waals surface area contributed by atoms with Crippen molar-refractivity contribution in [3.63, 3.8) is 0 Å². The first kappa shape index (κ1) is 37.7. The molecular formula is C57H56N2O4. The van der Waals surface area contributed by atoms with Crippen LogP contribution in [-0.2, 0) is 16.2 Å². The molecule has 9 aliphatic carbocycles. The SMILES string of the molecule is Nc1cc(C23CC4CC(CC(C4)C2)C3)c(Oc2ccc(C3(c4ccc(Oc5cc(O)c(N)cc5C56CC7CC(CC(C7)C5)C6)cc4)c4ccccc4-c4ccccc43)cc2)cc1O. The Kier molecular flexibility index (Phi) is 8.11. The molecule has 0 unspecified atom stereocenters. The van der Waals surface area contributed by atoms with Gasteiger partial charge in [-0.05, 0) is 193 Å². The van der Waals surface area contributed by atoms with Crippen molar-refractivity contribution in [3.05, 3.63) is 155 Å². The number of nitrogens with two attached hydrogens (primary N) is 2. The highest BCUT2D eigenvalue weighted by atomic mass is 16.5. The van der Waals surface area contributed by atoms with Crippen LogP contribution in [0.25, 0.3) is 11.1 Å². The molecule has 318 valence electrons. The number of hydrogen-bond donors (Lipinski definition) is 4. The second-order valence-electron chi connectivity index (χ2n) is 21.3. The number of nitrogen functional groups attached to an aromatic ring is 2. The molecule has 6 aromatic carbocycles. The number of aromatic hydroxyl groups is 2. The maximum atomic E-state index is 10.9. The van der Waals surface area contributed by atoms with Gasteiger partial charge in [0.1, 0.15) is 34.5 Å². The van der Waals surface area contributed by atoms with Gasteiger partial charge in [0.05, 0.1) is 16.8 Å². The van der Waals surface area contributed by atoms with Crippen LogP contribution in [0.1, 0.15) is 110 Å². The predicted octanol–water partition coefficient (Wildman–Crippen LogP) is 13.1. The van der Waals surface area contributed by atoms with Gasteiger partial charge in [0.2, 0.25) is 0 Å². The summed E-state index contributed by atoms with van der Waals surface area (Å²) in [4.78, 5) is 0. The van der Waals surface area contributed by atoms with Gasteiger partial charge in [0, 0.05) is 23.3 Å². The summed E-state index contributed by atoms with van der Waals surface area (Å²) in [6, 6.07) is 42.4. The summed E-state index contributed by atoms with van der Waals surface area (Å²) in [5.41, 5.74) is 22.7. The first-order valence-corrected chi connectivity index (χ1v) is 23.7. The first-order chi connectivity index (χ1) is 30.6. The molecule has 8 fully saturated rings. The van der Waals surface area contributed by atoms with Crippen LogP contribution >= 0.6 is 0 Å². The standard InChI is InChI=1S/C57H56N2O4/c58-49-23-47(55-27-33-17-34(28-55)19-35(18-33)29-55)53(25-51(49)60)62-41-13-9-39(10-14-41)57(45-7-3-1-5-43(45)44-6-2-4-8-46(44)57)40-11-15-42(16-12-40)63-54-26-52(61)50(59)24-48(54)56-30-36-20-37(31-56)22-38(21-36)32-56/h1-16,23-26,33-38,60-61H,17-22,27-32,58-59H2. The molecule has 6 N–H and O–H groups in total. The summed E-state index contributed by atoms with van der Waals surface area (Å²) in [7, 11) is 0. The van der Waals surface area contributed by atoms with Crippen molar-refractivity contribution in [2.75, 3.05) is 11.5 Å². The molecule has 0 aromatic heterocycles. The minimum atomic E-state index is -0.613. The zero-order valence-electron chi connectivity index (χ0n) is 35.9. The van der Waals surface area contributed by atoms with E-state index in [9.17, 15) is 10.2 Å². The number of anilines is 2. The number of fused-ring (bicyclic) bond motifs is 3. The summed E-state index contributed by atoms with van der Waals surface area (Å²) < 4.78 is 13.7. The second kappa shape index (κ2) is 13.6. The van der Waals surface area contributed by atoms with Crippen molar-refractivity contribution in [3.8, 4) is 45.6 Å². The molecule has 0 amide bonds. The number of ether oxygens (including phenoxy) is 2. The minimum Gasteiger partial charge on any atom is -0.506 e. The first-order valence-electron chi connectivity index (χ1n) is 23.7. The van der Waals surface area contributed by atoms with E-state index in [-0.39, 0.29) is 22.3 Å². The van der Waals surface area contributed by atoms with Gasteiger partial charge in [0.25, 0.3) is 0 Å². The van der Waals surface area contributed by atoms with Crippen LogP contribution in [0.15, 0.2) is 121 Å². The lowest BCUT2D eigenvalue weighted by Gasteiger charge is -2.57. The van der Waals surface area contributed by atoms with Crippen LogP contribution in [-0.4, -0.2) is 10.2 Å². The Bertz CT molecular complexity index is 2540. The van der Waals surface area contributed by atoms with Gasteiger partial charge < -0.3 is 31.2 Å². The van der Waals surface area contributed by atoms with E-state index in [0.717, 1.165) is 80.8 Å². The lowest BCUT2D eigenvalue weighted by molar-refractivity contribution is -0.00611. The second-order valence-corrected chi connectivity index (χ2v) is 21.3. The average Bonchev–Trinajstić information content (AvgIpc) is 3.57. The fourth-order valence-corrected chi connectivity index (χ4v) is 15.9. The smallest absolute Gasteiger partial charge is 0.142 e. The summed E-state index contributed by atoms with van der Waals surface area (Å²) in [6.07, 6.45) is 15.2. The molecule has 6 aromatic rings. The van der Waals surface area contributed by atoms with Crippen LogP contribution < -0.4 is 20.9 Å². The van der Waals surface area contributed by atoms with Crippen molar-refractivity contribution in [2.24, 2.45) is 35.5 Å². The largest absolute Gasteiger partial charge is 0.506 e. The zero-order valence-corrected chi connectivity index (χ0v) is 35.9. The van der Waals surface area contributed by atoms with E-state index >= 15 is 0 Å². The highest BCUT2D eigenvalue weighted by Gasteiger charge is 2.54. The lowest BCUT2D eigenvalue weighted by atomic mass is 9.48. The van der Waals surface area contributed by atoms with Crippen LogP contribution in [0.2, 0.25) is 0 Å². The topological polar surface area (TPSA) is 111 Å². The fourth-order valence-electron chi connectivity index (χ4n) is 15.9. The lowest BCUT2D eigenvalue weighted by Crippen LogP contribution is -2.48. The van der Waals surface area contributed by atoms with Gasteiger partial charge >= 0.3 is 0 Å². The number of benzene rings is 6. The highest BCUT2D eigenvalue weighted by Crippen LogP contribution is 2.64. The Hall–Kier alpha value is -5.88. The molecule has 8 saturated carbocycles. The maximum absolute atomic E-state index is 10.9. The quantitative estimate of drug-likeness (QED) is 0.0896. The van der Waals surface area contributed by atoms with Crippen LogP contribution in [0.3, 0.4) is 0 Å². The molecule has 0 spiro atoms. The van der Waals surface area contributed by atoms with Crippen LogP contribution in [0, 0.1) is 35.5 Å². The van der Waals surface area contributed by atoms with E-state index < -0.39 is 5.41 Å². The van der Waals surface area contributed by atoms with Gasteiger partial charge in [-0.2, -0.15) is 0 Å². The Balaban J connectivity index is 0.874. The van der Waals surface area contributed by atoms with Crippen molar-refractivity contribution in [1.29, 1.82) is 0 Å². The van der Waals surface area contributed by atoms with E-state index in [4.69, 9.17) is 20.9 Å². The average molecular weight is 833 g/mol. The summed E-state index contributed by atoms with van der Waals surface area (Å²) in [5, 5.41) is 21.9. The Morgan fingerprint density at radius 1 is 0.413 bits per heavy atom. The fraction of sp³-hybridized carbons (Fsp3) is 0.368. The molecule has 6 heteroatoms. The van der Waals surface area contributed by atoms with E-state index in [2.05, 4.69) is 97.1 Å².